The third-order valence-corrected chi connectivity index (χ3v) is 8.44. The van der Waals surface area contributed by atoms with Gasteiger partial charge in [-0.1, -0.05) is 19.8 Å². The molecule has 1 aliphatic heterocycles. The number of ether oxygens (including phenoxy) is 1. The Morgan fingerprint density at radius 2 is 1.56 bits per heavy atom. The van der Waals surface area contributed by atoms with Gasteiger partial charge in [0.25, 0.3) is 0 Å². The van der Waals surface area contributed by atoms with E-state index in [0.29, 0.717) is 0 Å². The van der Waals surface area contributed by atoms with E-state index in [9.17, 15) is 0 Å². The van der Waals surface area contributed by atoms with Gasteiger partial charge in [-0.05, 0) is 39.7 Å². The van der Waals surface area contributed by atoms with E-state index >= 15 is 0 Å². The van der Waals surface area contributed by atoms with Gasteiger partial charge in [0.1, 0.15) is 5.22 Å². The topological polar surface area (TPSA) is 59.2 Å². The molecule has 1 fully saturated rings. The molecule has 2 N–H and O–H groups in total. The zero-order valence-electron chi connectivity index (χ0n) is 12.4. The van der Waals surface area contributed by atoms with Crippen LogP contribution in [0.5, 0.6) is 0 Å². The lowest BCUT2D eigenvalue weighted by Crippen LogP contribution is -2.65. The van der Waals surface area contributed by atoms with Crippen LogP contribution in [0.4, 0.5) is 0 Å². The molecule has 0 spiro atoms. The molecular formula is C13H30O4Si. The highest BCUT2D eigenvalue weighted by molar-refractivity contribution is 6.70. The fourth-order valence-corrected chi connectivity index (χ4v) is 7.57. The smallest absolute Gasteiger partial charge is 0.371 e. The van der Waals surface area contributed by atoms with Crippen LogP contribution in [-0.2, 0) is 13.6 Å². The first-order valence-electron chi connectivity index (χ1n) is 7.12. The van der Waals surface area contributed by atoms with Gasteiger partial charge in [-0.15, -0.1) is 0 Å². The highest BCUT2D eigenvalue weighted by atomic mass is 28.4. The molecule has 0 aromatic carbocycles. The van der Waals surface area contributed by atoms with Crippen LogP contribution in [0.15, 0.2) is 0 Å². The lowest BCUT2D eigenvalue weighted by molar-refractivity contribution is -0.0426. The molecule has 110 valence electrons. The van der Waals surface area contributed by atoms with Crippen LogP contribution in [0, 0.1) is 0 Å². The van der Waals surface area contributed by atoms with Crippen LogP contribution in [-0.4, -0.2) is 39.1 Å². The zero-order valence-corrected chi connectivity index (χ0v) is 13.4. The standard InChI is InChI=1S/C13H28O3Si.H2O/c1-5-13(14-6-2)11-9-10-12-17(13,15-7-3)16-8-4;/h5-12H2,1-4H3;1H2. The summed E-state index contributed by atoms with van der Waals surface area (Å²) in [6, 6.07) is 1.09. The number of hydrogen-bond acceptors (Lipinski definition) is 3. The van der Waals surface area contributed by atoms with E-state index < -0.39 is 8.56 Å². The maximum absolute atomic E-state index is 6.16. The van der Waals surface area contributed by atoms with Gasteiger partial charge < -0.3 is 19.1 Å². The molecule has 1 aliphatic rings. The maximum Gasteiger partial charge on any atom is 0.371 e. The van der Waals surface area contributed by atoms with Crippen molar-refractivity contribution in [3.05, 3.63) is 0 Å². The molecule has 1 atom stereocenters. The normalized spacial score (nSPS) is 26.7. The fourth-order valence-electron chi connectivity index (χ4n) is 3.11. The minimum Gasteiger partial charge on any atom is -0.412 e. The van der Waals surface area contributed by atoms with Crippen LogP contribution < -0.4 is 0 Å². The first kappa shape index (κ1) is 18.1. The monoisotopic (exact) mass is 278 g/mol. The van der Waals surface area contributed by atoms with Crippen LogP contribution in [0.1, 0.15) is 53.4 Å². The summed E-state index contributed by atoms with van der Waals surface area (Å²) in [7, 11) is -2.21. The molecule has 0 aromatic heterocycles. The molecular weight excluding hydrogens is 248 g/mol. The molecule has 0 bridgehead atoms. The Labute approximate surface area is 113 Å². The summed E-state index contributed by atoms with van der Waals surface area (Å²) in [6.45, 7) is 10.6. The van der Waals surface area contributed by atoms with Crippen molar-refractivity contribution >= 4 is 8.56 Å². The molecule has 1 saturated heterocycles. The minimum atomic E-state index is -2.21. The Kier molecular flexibility index (Phi) is 8.30. The summed E-state index contributed by atoms with van der Waals surface area (Å²) in [5.74, 6) is 0. The van der Waals surface area contributed by atoms with Gasteiger partial charge >= 0.3 is 8.56 Å². The third kappa shape index (κ3) is 3.33. The van der Waals surface area contributed by atoms with E-state index in [4.69, 9.17) is 13.6 Å². The summed E-state index contributed by atoms with van der Waals surface area (Å²) >= 11 is 0. The Bertz CT molecular complexity index is 210. The van der Waals surface area contributed by atoms with Crippen LogP contribution in [0.2, 0.25) is 6.04 Å². The Morgan fingerprint density at radius 1 is 0.944 bits per heavy atom. The molecule has 5 heteroatoms. The van der Waals surface area contributed by atoms with Gasteiger partial charge in [0.15, 0.2) is 0 Å². The van der Waals surface area contributed by atoms with Gasteiger partial charge in [-0.2, -0.15) is 0 Å². The van der Waals surface area contributed by atoms with E-state index in [1.54, 1.807) is 0 Å². The minimum absolute atomic E-state index is 0. The summed E-state index contributed by atoms with van der Waals surface area (Å²) < 4.78 is 18.5. The molecule has 0 aliphatic carbocycles. The van der Waals surface area contributed by atoms with Crippen LogP contribution in [0.3, 0.4) is 0 Å². The maximum atomic E-state index is 6.16. The van der Waals surface area contributed by atoms with Crippen molar-refractivity contribution in [1.29, 1.82) is 0 Å². The predicted octanol–water partition coefficient (Wildman–Crippen LogP) is 2.59. The van der Waals surface area contributed by atoms with Crippen LogP contribution >= 0.6 is 0 Å². The largest absolute Gasteiger partial charge is 0.412 e. The molecule has 0 saturated carbocycles. The predicted molar refractivity (Wildman–Crippen MR) is 75.9 cm³/mol. The second kappa shape index (κ2) is 8.27. The van der Waals surface area contributed by atoms with Gasteiger partial charge in [0, 0.05) is 19.8 Å². The van der Waals surface area contributed by atoms with Crippen molar-refractivity contribution in [2.45, 2.75) is 64.6 Å². The first-order valence-corrected chi connectivity index (χ1v) is 9.14. The van der Waals surface area contributed by atoms with Crippen molar-refractivity contribution in [2.24, 2.45) is 0 Å². The molecule has 18 heavy (non-hydrogen) atoms. The van der Waals surface area contributed by atoms with Gasteiger partial charge in [-0.25, -0.2) is 0 Å². The van der Waals surface area contributed by atoms with Gasteiger partial charge in [0.05, 0.1) is 0 Å². The molecule has 0 aromatic rings. The average Bonchev–Trinajstić information content (AvgIpc) is 2.33. The average molecular weight is 278 g/mol. The second-order valence-electron chi connectivity index (χ2n) is 4.61. The summed E-state index contributed by atoms with van der Waals surface area (Å²) in [4.78, 5) is 0. The molecule has 4 nitrogen and oxygen atoms in total. The molecule has 0 radical (unpaired) electrons. The van der Waals surface area contributed by atoms with Crippen molar-refractivity contribution in [3.8, 4) is 0 Å². The molecule has 1 rings (SSSR count). The lowest BCUT2D eigenvalue weighted by Gasteiger charge is -2.49. The summed E-state index contributed by atoms with van der Waals surface area (Å²) in [5, 5.41) is -0.119. The van der Waals surface area contributed by atoms with Gasteiger partial charge in [-0.3, -0.25) is 0 Å². The Morgan fingerprint density at radius 3 is 2.00 bits per heavy atom. The molecule has 1 unspecified atom stereocenters. The van der Waals surface area contributed by atoms with E-state index in [1.807, 2.05) is 0 Å². The van der Waals surface area contributed by atoms with E-state index in [1.165, 1.54) is 12.8 Å². The quantitative estimate of drug-likeness (QED) is 0.673. The Hall–Kier alpha value is 0.0569. The van der Waals surface area contributed by atoms with Crippen molar-refractivity contribution in [1.82, 2.24) is 0 Å². The number of hydrogen-bond donors (Lipinski definition) is 0. The highest BCUT2D eigenvalue weighted by Gasteiger charge is 2.58. The fraction of sp³-hybridized carbons (Fsp3) is 1.00. The van der Waals surface area contributed by atoms with Crippen molar-refractivity contribution < 1.29 is 19.1 Å². The lowest BCUT2D eigenvalue weighted by atomic mass is 10.1. The summed E-state index contributed by atoms with van der Waals surface area (Å²) in [5.41, 5.74) is 0. The number of rotatable bonds is 7. The SMILES string of the molecule is CCOC1(CC)CCCC[Si]1(OCC)OCC.O. The van der Waals surface area contributed by atoms with E-state index in [-0.39, 0.29) is 10.7 Å². The van der Waals surface area contributed by atoms with Crippen LogP contribution in [0.25, 0.3) is 0 Å². The third-order valence-electron chi connectivity index (χ3n) is 3.78. The van der Waals surface area contributed by atoms with Crippen molar-refractivity contribution in [2.75, 3.05) is 19.8 Å². The zero-order chi connectivity index (χ0) is 12.8. The van der Waals surface area contributed by atoms with E-state index in [0.717, 1.165) is 38.7 Å². The second-order valence-corrected chi connectivity index (χ2v) is 8.10. The summed E-state index contributed by atoms with van der Waals surface area (Å²) in [6.07, 6.45) is 4.57. The van der Waals surface area contributed by atoms with Gasteiger partial charge in [0.2, 0.25) is 0 Å². The Balaban J connectivity index is 0.00000289. The molecule has 0 amide bonds. The highest BCUT2D eigenvalue weighted by Crippen LogP contribution is 2.42. The van der Waals surface area contributed by atoms with E-state index in [2.05, 4.69) is 27.7 Å². The van der Waals surface area contributed by atoms with Crippen molar-refractivity contribution in [3.63, 3.8) is 0 Å². The molecule has 1 heterocycles. The first-order chi connectivity index (χ1) is 8.20.